The predicted octanol–water partition coefficient (Wildman–Crippen LogP) is 2.86. The van der Waals surface area contributed by atoms with Crippen LogP contribution < -0.4 is 10.1 Å². The van der Waals surface area contributed by atoms with Gasteiger partial charge in [-0.05, 0) is 52.3 Å². The van der Waals surface area contributed by atoms with Gasteiger partial charge >= 0.3 is 0 Å². The molecule has 2 heterocycles. The van der Waals surface area contributed by atoms with Gasteiger partial charge in [0, 0.05) is 17.3 Å². The van der Waals surface area contributed by atoms with Crippen LogP contribution in [0.25, 0.3) is 6.08 Å². The van der Waals surface area contributed by atoms with Crippen molar-refractivity contribution >= 4 is 6.08 Å². The van der Waals surface area contributed by atoms with E-state index in [4.69, 9.17) is 4.74 Å². The Hall–Kier alpha value is -1.35. The average Bonchev–Trinajstić information content (AvgIpc) is 2.62. The first-order valence-corrected chi connectivity index (χ1v) is 6.62. The maximum atomic E-state index is 5.45. The zero-order valence-electron chi connectivity index (χ0n) is 11.5. The summed E-state index contributed by atoms with van der Waals surface area (Å²) in [6, 6.07) is 0. The summed E-state index contributed by atoms with van der Waals surface area (Å²) in [4.78, 5) is 4.53. The third-order valence-corrected chi connectivity index (χ3v) is 3.50. The number of aromatic nitrogens is 1. The first-order chi connectivity index (χ1) is 8.72. The molecule has 1 aliphatic rings. The van der Waals surface area contributed by atoms with E-state index >= 15 is 0 Å². The van der Waals surface area contributed by atoms with E-state index < -0.39 is 0 Å². The van der Waals surface area contributed by atoms with Gasteiger partial charge < -0.3 is 10.1 Å². The fourth-order valence-electron chi connectivity index (χ4n) is 2.47. The molecule has 1 aromatic rings. The lowest BCUT2D eigenvalue weighted by molar-refractivity contribution is 0.407. The molecule has 0 unspecified atom stereocenters. The Labute approximate surface area is 109 Å². The largest absolute Gasteiger partial charge is 0.496 e. The number of hydrogen-bond acceptors (Lipinski definition) is 3. The molecule has 0 spiro atoms. The first-order valence-electron chi connectivity index (χ1n) is 6.62. The number of hydrogen-bond donors (Lipinski definition) is 1. The van der Waals surface area contributed by atoms with Crippen LogP contribution in [0, 0.1) is 13.8 Å². The second-order valence-electron chi connectivity index (χ2n) is 4.89. The summed E-state index contributed by atoms with van der Waals surface area (Å²) in [5.41, 5.74) is 4.78. The lowest BCUT2D eigenvalue weighted by Crippen LogP contribution is -2.13. The van der Waals surface area contributed by atoms with Crippen molar-refractivity contribution in [3.63, 3.8) is 0 Å². The number of aryl methyl sites for hydroxylation is 1. The van der Waals surface area contributed by atoms with Gasteiger partial charge in [-0.15, -0.1) is 0 Å². The van der Waals surface area contributed by atoms with Crippen molar-refractivity contribution in [2.24, 2.45) is 0 Å². The Bertz CT molecular complexity index is 442. The summed E-state index contributed by atoms with van der Waals surface area (Å²) in [7, 11) is 1.72. The van der Waals surface area contributed by atoms with Crippen molar-refractivity contribution in [1.29, 1.82) is 0 Å². The number of nitrogens with one attached hydrogen (secondary N) is 1. The lowest BCUT2D eigenvalue weighted by atomic mass is 10.0. The molecule has 1 aliphatic heterocycles. The van der Waals surface area contributed by atoms with Gasteiger partial charge in [0.1, 0.15) is 5.75 Å². The van der Waals surface area contributed by atoms with Crippen LogP contribution in [0.1, 0.15) is 36.1 Å². The van der Waals surface area contributed by atoms with Crippen molar-refractivity contribution in [2.75, 3.05) is 20.2 Å². The Kier molecular flexibility index (Phi) is 4.37. The van der Waals surface area contributed by atoms with E-state index in [1.54, 1.807) is 7.11 Å². The van der Waals surface area contributed by atoms with Crippen LogP contribution in [-0.2, 0) is 0 Å². The second kappa shape index (κ2) is 6.01. The van der Waals surface area contributed by atoms with Gasteiger partial charge in [-0.2, -0.15) is 0 Å². The molecule has 0 radical (unpaired) electrons. The minimum atomic E-state index is 0.962. The van der Waals surface area contributed by atoms with E-state index in [1.807, 2.05) is 13.1 Å². The van der Waals surface area contributed by atoms with Crippen LogP contribution in [0.15, 0.2) is 11.8 Å². The smallest absolute Gasteiger partial charge is 0.128 e. The van der Waals surface area contributed by atoms with E-state index in [0.29, 0.717) is 0 Å². The third kappa shape index (κ3) is 2.91. The highest BCUT2D eigenvalue weighted by Gasteiger charge is 2.09. The number of methoxy groups -OCH3 is 1. The molecule has 1 N–H and O–H groups in total. The average molecular weight is 246 g/mol. The van der Waals surface area contributed by atoms with Crippen molar-refractivity contribution in [3.8, 4) is 5.75 Å². The first kappa shape index (κ1) is 13.1. The molecular formula is C15H22N2O. The molecule has 1 saturated heterocycles. The molecule has 18 heavy (non-hydrogen) atoms. The Balaban J connectivity index is 2.30. The molecule has 0 bridgehead atoms. The molecule has 3 heteroatoms. The topological polar surface area (TPSA) is 34.1 Å². The molecule has 0 aliphatic carbocycles. The summed E-state index contributed by atoms with van der Waals surface area (Å²) in [5, 5.41) is 3.42. The minimum absolute atomic E-state index is 0.962. The van der Waals surface area contributed by atoms with Gasteiger partial charge in [-0.1, -0.05) is 5.57 Å². The monoisotopic (exact) mass is 246 g/mol. The quantitative estimate of drug-likeness (QED) is 0.871. The maximum Gasteiger partial charge on any atom is 0.128 e. The predicted molar refractivity (Wildman–Crippen MR) is 75.0 cm³/mol. The molecule has 1 aromatic heterocycles. The molecule has 98 valence electrons. The van der Waals surface area contributed by atoms with Gasteiger partial charge in [0.15, 0.2) is 0 Å². The van der Waals surface area contributed by atoms with Gasteiger partial charge in [-0.3, -0.25) is 4.98 Å². The highest BCUT2D eigenvalue weighted by Crippen LogP contribution is 2.26. The molecule has 3 nitrogen and oxygen atoms in total. The highest BCUT2D eigenvalue weighted by molar-refractivity contribution is 5.57. The summed E-state index contributed by atoms with van der Waals surface area (Å²) in [5.74, 6) is 0.962. The van der Waals surface area contributed by atoms with Gasteiger partial charge in [0.25, 0.3) is 0 Å². The molecule has 1 fully saturated rings. The van der Waals surface area contributed by atoms with Gasteiger partial charge in [0.05, 0.1) is 12.8 Å². The number of ether oxygens (including phenoxy) is 1. The SMILES string of the molecule is COc1c(C)cnc(/C=C2/CCCNCC2)c1C. The molecule has 0 amide bonds. The summed E-state index contributed by atoms with van der Waals surface area (Å²) in [6.07, 6.45) is 7.65. The molecule has 0 saturated carbocycles. The van der Waals surface area contributed by atoms with Crippen molar-refractivity contribution in [2.45, 2.75) is 33.1 Å². The molecule has 2 rings (SSSR count). The van der Waals surface area contributed by atoms with Crippen molar-refractivity contribution < 1.29 is 4.74 Å². The zero-order chi connectivity index (χ0) is 13.0. The van der Waals surface area contributed by atoms with E-state index in [2.05, 4.69) is 23.3 Å². The van der Waals surface area contributed by atoms with Crippen molar-refractivity contribution in [1.82, 2.24) is 10.3 Å². The van der Waals surface area contributed by atoms with E-state index in [1.165, 1.54) is 18.4 Å². The fourth-order valence-corrected chi connectivity index (χ4v) is 2.47. The summed E-state index contributed by atoms with van der Waals surface area (Å²) in [6.45, 7) is 6.32. The second-order valence-corrected chi connectivity index (χ2v) is 4.89. The number of pyridine rings is 1. The van der Waals surface area contributed by atoms with Crippen molar-refractivity contribution in [3.05, 3.63) is 28.6 Å². The molecular weight excluding hydrogens is 224 g/mol. The Morgan fingerprint density at radius 2 is 2.11 bits per heavy atom. The van der Waals surface area contributed by atoms with Crippen LogP contribution in [0.3, 0.4) is 0 Å². The van der Waals surface area contributed by atoms with E-state index in [0.717, 1.165) is 42.1 Å². The maximum absolute atomic E-state index is 5.45. The van der Waals surface area contributed by atoms with Gasteiger partial charge in [0.2, 0.25) is 0 Å². The number of nitrogens with zero attached hydrogens (tertiary/aromatic N) is 1. The van der Waals surface area contributed by atoms with Crippen LogP contribution in [0.2, 0.25) is 0 Å². The molecule has 0 aromatic carbocycles. The third-order valence-electron chi connectivity index (χ3n) is 3.50. The Morgan fingerprint density at radius 3 is 2.89 bits per heavy atom. The van der Waals surface area contributed by atoms with Gasteiger partial charge in [-0.25, -0.2) is 0 Å². The minimum Gasteiger partial charge on any atom is -0.496 e. The Morgan fingerprint density at radius 1 is 1.28 bits per heavy atom. The molecule has 0 atom stereocenters. The fraction of sp³-hybridized carbons (Fsp3) is 0.533. The number of rotatable bonds is 2. The zero-order valence-corrected chi connectivity index (χ0v) is 11.5. The summed E-state index contributed by atoms with van der Waals surface area (Å²) < 4.78 is 5.45. The van der Waals surface area contributed by atoms with Crippen LogP contribution in [-0.4, -0.2) is 25.2 Å². The normalized spacial score (nSPS) is 18.7. The van der Waals surface area contributed by atoms with Crippen LogP contribution in [0.5, 0.6) is 5.75 Å². The standard InChI is InChI=1S/C15H22N2O/c1-11-10-17-14(12(2)15(11)18-3)9-13-5-4-7-16-8-6-13/h9-10,16H,4-8H2,1-3H3/b13-9-. The lowest BCUT2D eigenvalue weighted by Gasteiger charge is -2.11. The van der Waals surface area contributed by atoms with E-state index in [9.17, 15) is 0 Å². The highest BCUT2D eigenvalue weighted by atomic mass is 16.5. The van der Waals surface area contributed by atoms with Crippen LogP contribution >= 0.6 is 0 Å². The van der Waals surface area contributed by atoms with Crippen LogP contribution in [0.4, 0.5) is 0 Å². The summed E-state index contributed by atoms with van der Waals surface area (Å²) >= 11 is 0. The van der Waals surface area contributed by atoms with E-state index in [-0.39, 0.29) is 0 Å².